The summed E-state index contributed by atoms with van der Waals surface area (Å²) in [4.78, 5) is 0. The lowest BCUT2D eigenvalue weighted by Crippen LogP contribution is -2.05. The first-order valence-corrected chi connectivity index (χ1v) is 5.55. The van der Waals surface area contributed by atoms with Crippen LogP contribution in [0.4, 0.5) is 6.01 Å². The van der Waals surface area contributed by atoms with Crippen molar-refractivity contribution in [1.29, 1.82) is 0 Å². The number of aromatic nitrogens is 2. The molecule has 2 aromatic rings. The molecule has 0 bridgehead atoms. The highest BCUT2D eigenvalue weighted by Crippen LogP contribution is 2.20. The molecule has 0 aromatic carbocycles. The van der Waals surface area contributed by atoms with Crippen LogP contribution in [0.15, 0.2) is 21.2 Å². The van der Waals surface area contributed by atoms with Crippen LogP contribution in [0.3, 0.4) is 0 Å². The number of nitrogens with one attached hydrogen (secondary N) is 1. The van der Waals surface area contributed by atoms with E-state index in [2.05, 4.69) is 27.0 Å². The number of rotatable bonds is 4. The molecule has 2 rings (SSSR count). The van der Waals surface area contributed by atoms with Gasteiger partial charge in [0.25, 0.3) is 0 Å². The van der Waals surface area contributed by atoms with Crippen LogP contribution in [-0.2, 0) is 6.54 Å². The average Bonchev–Trinajstić information content (AvgIpc) is 2.87. The molecule has 15 heavy (non-hydrogen) atoms. The number of thiophene rings is 1. The van der Waals surface area contributed by atoms with Crippen LogP contribution in [0.2, 0.25) is 0 Å². The van der Waals surface area contributed by atoms with E-state index in [1.165, 1.54) is 5.56 Å². The van der Waals surface area contributed by atoms with Gasteiger partial charge >= 0.3 is 6.01 Å². The maximum absolute atomic E-state index is 5.37. The van der Waals surface area contributed by atoms with Gasteiger partial charge in [-0.1, -0.05) is 5.10 Å². The van der Waals surface area contributed by atoms with E-state index < -0.39 is 0 Å². The van der Waals surface area contributed by atoms with Crippen LogP contribution in [0.5, 0.6) is 0 Å². The SMILES string of the molecule is CC(Nc1nnc(CN)o1)c1ccsc1. The molecule has 2 heterocycles. The molecule has 0 spiro atoms. The zero-order valence-electron chi connectivity index (χ0n) is 8.30. The fourth-order valence-corrected chi connectivity index (χ4v) is 1.94. The molecule has 2 aromatic heterocycles. The van der Waals surface area contributed by atoms with Crippen LogP contribution in [0, 0.1) is 0 Å². The summed E-state index contributed by atoms with van der Waals surface area (Å²) in [7, 11) is 0. The Balaban J connectivity index is 2.02. The third-order valence-electron chi connectivity index (χ3n) is 2.02. The summed E-state index contributed by atoms with van der Waals surface area (Å²) in [6, 6.07) is 2.62. The normalized spacial score (nSPS) is 12.7. The summed E-state index contributed by atoms with van der Waals surface area (Å²) >= 11 is 1.66. The zero-order chi connectivity index (χ0) is 10.7. The van der Waals surface area contributed by atoms with Crippen LogP contribution < -0.4 is 11.1 Å². The topological polar surface area (TPSA) is 77.0 Å². The first-order chi connectivity index (χ1) is 7.29. The molecule has 0 aliphatic carbocycles. The molecule has 0 aliphatic rings. The van der Waals surface area contributed by atoms with E-state index in [0.29, 0.717) is 11.9 Å². The molecule has 1 unspecified atom stereocenters. The van der Waals surface area contributed by atoms with Gasteiger partial charge in [0.2, 0.25) is 5.89 Å². The Kier molecular flexibility index (Phi) is 2.98. The van der Waals surface area contributed by atoms with Gasteiger partial charge in [-0.25, -0.2) is 0 Å². The smallest absolute Gasteiger partial charge is 0.315 e. The third kappa shape index (κ3) is 2.34. The minimum Gasteiger partial charge on any atom is -0.407 e. The summed E-state index contributed by atoms with van der Waals surface area (Å²) in [5, 5.41) is 14.8. The van der Waals surface area contributed by atoms with E-state index in [0.717, 1.165) is 0 Å². The molecular formula is C9H12N4OS. The van der Waals surface area contributed by atoms with Crippen LogP contribution >= 0.6 is 11.3 Å². The summed E-state index contributed by atoms with van der Waals surface area (Å²) in [5.74, 6) is 0.440. The summed E-state index contributed by atoms with van der Waals surface area (Å²) in [5.41, 5.74) is 6.57. The predicted octanol–water partition coefficient (Wildman–Crippen LogP) is 1.76. The van der Waals surface area contributed by atoms with Crippen molar-refractivity contribution in [2.24, 2.45) is 5.73 Å². The van der Waals surface area contributed by atoms with Crippen molar-refractivity contribution in [3.63, 3.8) is 0 Å². The summed E-state index contributed by atoms with van der Waals surface area (Å²) in [6.45, 7) is 2.30. The molecule has 1 atom stereocenters. The Morgan fingerprint density at radius 2 is 2.47 bits per heavy atom. The van der Waals surface area contributed by atoms with Gasteiger partial charge in [-0.15, -0.1) is 5.10 Å². The van der Waals surface area contributed by atoms with Crippen molar-refractivity contribution in [1.82, 2.24) is 10.2 Å². The zero-order valence-corrected chi connectivity index (χ0v) is 9.12. The number of nitrogens with zero attached hydrogens (tertiary/aromatic N) is 2. The maximum atomic E-state index is 5.37. The lowest BCUT2D eigenvalue weighted by atomic mass is 10.2. The van der Waals surface area contributed by atoms with Gasteiger partial charge in [0.15, 0.2) is 0 Å². The van der Waals surface area contributed by atoms with E-state index in [1.807, 2.05) is 12.3 Å². The van der Waals surface area contributed by atoms with Crippen molar-refractivity contribution in [2.45, 2.75) is 19.5 Å². The van der Waals surface area contributed by atoms with E-state index >= 15 is 0 Å². The molecule has 0 amide bonds. The number of hydrogen-bond donors (Lipinski definition) is 2. The Bertz CT molecular complexity index is 411. The van der Waals surface area contributed by atoms with E-state index in [1.54, 1.807) is 11.3 Å². The summed E-state index contributed by atoms with van der Waals surface area (Å²) < 4.78 is 5.25. The quantitative estimate of drug-likeness (QED) is 0.827. The molecule has 0 radical (unpaired) electrons. The van der Waals surface area contributed by atoms with Crippen LogP contribution in [-0.4, -0.2) is 10.2 Å². The van der Waals surface area contributed by atoms with Crippen molar-refractivity contribution in [2.75, 3.05) is 5.32 Å². The molecule has 0 saturated heterocycles. The van der Waals surface area contributed by atoms with Crippen molar-refractivity contribution in [3.8, 4) is 0 Å². The second-order valence-electron chi connectivity index (χ2n) is 3.13. The fourth-order valence-electron chi connectivity index (χ4n) is 1.18. The van der Waals surface area contributed by atoms with Crippen LogP contribution in [0.25, 0.3) is 0 Å². The van der Waals surface area contributed by atoms with Crippen LogP contribution in [0.1, 0.15) is 24.4 Å². The van der Waals surface area contributed by atoms with Gasteiger partial charge in [-0.3, -0.25) is 0 Å². The Morgan fingerprint density at radius 1 is 1.60 bits per heavy atom. The predicted molar refractivity (Wildman–Crippen MR) is 58.5 cm³/mol. The second-order valence-corrected chi connectivity index (χ2v) is 3.91. The molecular weight excluding hydrogens is 212 g/mol. The van der Waals surface area contributed by atoms with E-state index in [-0.39, 0.29) is 12.6 Å². The largest absolute Gasteiger partial charge is 0.407 e. The fraction of sp³-hybridized carbons (Fsp3) is 0.333. The lowest BCUT2D eigenvalue weighted by Gasteiger charge is -2.08. The van der Waals surface area contributed by atoms with Gasteiger partial charge in [0, 0.05) is 0 Å². The van der Waals surface area contributed by atoms with Gasteiger partial charge in [0.05, 0.1) is 12.6 Å². The highest BCUT2D eigenvalue weighted by molar-refractivity contribution is 7.07. The lowest BCUT2D eigenvalue weighted by molar-refractivity contribution is 0.503. The highest BCUT2D eigenvalue weighted by Gasteiger charge is 2.09. The Labute approximate surface area is 91.3 Å². The minimum absolute atomic E-state index is 0.155. The number of hydrogen-bond acceptors (Lipinski definition) is 6. The molecule has 80 valence electrons. The van der Waals surface area contributed by atoms with E-state index in [9.17, 15) is 0 Å². The second kappa shape index (κ2) is 4.41. The molecule has 6 heteroatoms. The first kappa shape index (κ1) is 10.1. The molecule has 3 N–H and O–H groups in total. The Morgan fingerprint density at radius 3 is 3.07 bits per heavy atom. The van der Waals surface area contributed by atoms with Gasteiger partial charge < -0.3 is 15.5 Å². The molecule has 0 aliphatic heterocycles. The van der Waals surface area contributed by atoms with Crippen molar-refractivity contribution in [3.05, 3.63) is 28.3 Å². The van der Waals surface area contributed by atoms with Crippen molar-refractivity contribution < 1.29 is 4.42 Å². The molecule has 0 fully saturated rings. The Hall–Kier alpha value is -1.40. The minimum atomic E-state index is 0.155. The van der Waals surface area contributed by atoms with Gasteiger partial charge in [-0.2, -0.15) is 11.3 Å². The van der Waals surface area contributed by atoms with Crippen molar-refractivity contribution >= 4 is 17.4 Å². The van der Waals surface area contributed by atoms with Gasteiger partial charge in [-0.05, 0) is 29.3 Å². The first-order valence-electron chi connectivity index (χ1n) is 4.60. The monoisotopic (exact) mass is 224 g/mol. The standard InChI is InChI=1S/C9H12N4OS/c1-6(7-2-3-15-5-7)11-9-13-12-8(4-10)14-9/h2-3,5-6H,4,10H2,1H3,(H,11,13). The van der Waals surface area contributed by atoms with Gasteiger partial charge in [0.1, 0.15) is 0 Å². The maximum Gasteiger partial charge on any atom is 0.315 e. The molecule has 5 nitrogen and oxygen atoms in total. The third-order valence-corrected chi connectivity index (χ3v) is 2.73. The molecule has 0 saturated carbocycles. The average molecular weight is 224 g/mol. The van der Waals surface area contributed by atoms with E-state index in [4.69, 9.17) is 10.2 Å². The number of anilines is 1. The summed E-state index contributed by atoms with van der Waals surface area (Å²) in [6.07, 6.45) is 0. The number of nitrogens with two attached hydrogens (primary N) is 1. The highest BCUT2D eigenvalue weighted by atomic mass is 32.1.